The van der Waals surface area contributed by atoms with Crippen LogP contribution in [0.2, 0.25) is 0 Å². The van der Waals surface area contributed by atoms with Crippen LogP contribution in [0.4, 0.5) is 0 Å². The van der Waals surface area contributed by atoms with Crippen molar-refractivity contribution in [1.82, 2.24) is 15.3 Å². The molecule has 152 valence electrons. The van der Waals surface area contributed by atoms with Crippen molar-refractivity contribution in [3.8, 4) is 5.75 Å². The molecule has 3 rings (SSSR count). The Hall–Kier alpha value is -2.88. The zero-order valence-electron chi connectivity index (χ0n) is 15.7. The van der Waals surface area contributed by atoms with Crippen molar-refractivity contribution in [2.24, 2.45) is 0 Å². The van der Waals surface area contributed by atoms with Gasteiger partial charge in [0.25, 0.3) is 5.91 Å². The van der Waals surface area contributed by atoms with Gasteiger partial charge in [-0.05, 0) is 19.1 Å². The number of pyridine rings is 1. The number of benzene rings is 1. The smallest absolute Gasteiger partial charge is 0.252 e. The molecule has 0 aliphatic rings. The zero-order chi connectivity index (χ0) is 20.8. The minimum Gasteiger partial charge on any atom is -0.486 e. The molecule has 0 unspecified atom stereocenters. The second-order valence-corrected chi connectivity index (χ2v) is 7.36. The molecule has 0 saturated carbocycles. The molecular weight excluding hydrogens is 394 g/mol. The lowest BCUT2D eigenvalue weighted by Gasteiger charge is -2.12. The van der Waals surface area contributed by atoms with Crippen LogP contribution in [0.3, 0.4) is 0 Å². The molecule has 0 aliphatic heterocycles. The molecule has 1 aromatic carbocycles. The topological polar surface area (TPSA) is 122 Å². The SMILES string of the molecule is Cc1cc(OCc2csc(CCNC(=O)[C@H](O)[C@@H](O)C=O)n2)c2ccccc2n1. The number of aldehydes is 1. The molecule has 3 N–H and O–H groups in total. The van der Waals surface area contributed by atoms with Gasteiger partial charge in [-0.1, -0.05) is 12.1 Å². The van der Waals surface area contributed by atoms with Crippen molar-refractivity contribution in [3.63, 3.8) is 0 Å². The zero-order valence-corrected chi connectivity index (χ0v) is 16.6. The fourth-order valence-corrected chi connectivity index (χ4v) is 3.48. The predicted molar refractivity (Wildman–Crippen MR) is 108 cm³/mol. The van der Waals surface area contributed by atoms with Gasteiger partial charge in [-0.15, -0.1) is 11.3 Å². The van der Waals surface area contributed by atoms with Crippen LogP contribution in [0.5, 0.6) is 5.75 Å². The average Bonchev–Trinajstić information content (AvgIpc) is 3.18. The number of carbonyl (C=O) groups excluding carboxylic acids is 2. The van der Waals surface area contributed by atoms with Gasteiger partial charge in [0.1, 0.15) is 18.5 Å². The van der Waals surface area contributed by atoms with E-state index in [1.54, 1.807) is 0 Å². The fourth-order valence-electron chi connectivity index (χ4n) is 2.70. The Balaban J connectivity index is 1.54. The summed E-state index contributed by atoms with van der Waals surface area (Å²) in [4.78, 5) is 31.0. The summed E-state index contributed by atoms with van der Waals surface area (Å²) in [6.45, 7) is 2.45. The number of aryl methyl sites for hydroxylation is 1. The van der Waals surface area contributed by atoms with Gasteiger partial charge in [0.05, 0.1) is 16.2 Å². The maximum absolute atomic E-state index is 11.6. The van der Waals surface area contributed by atoms with E-state index in [9.17, 15) is 14.7 Å². The first kappa shape index (κ1) is 20.8. The van der Waals surface area contributed by atoms with Gasteiger partial charge in [0, 0.05) is 35.5 Å². The van der Waals surface area contributed by atoms with E-state index in [1.165, 1.54) is 11.3 Å². The Morgan fingerprint density at radius 2 is 2.10 bits per heavy atom. The summed E-state index contributed by atoms with van der Waals surface area (Å²) in [7, 11) is 0. The van der Waals surface area contributed by atoms with Gasteiger partial charge in [-0.2, -0.15) is 0 Å². The Kier molecular flexibility index (Phi) is 6.86. The van der Waals surface area contributed by atoms with Crippen LogP contribution in [0.1, 0.15) is 16.4 Å². The van der Waals surface area contributed by atoms with Crippen LogP contribution in [0.25, 0.3) is 10.9 Å². The molecule has 0 saturated heterocycles. The molecule has 9 heteroatoms. The molecule has 1 amide bonds. The Labute approximate surface area is 171 Å². The highest BCUT2D eigenvalue weighted by molar-refractivity contribution is 7.09. The van der Waals surface area contributed by atoms with Crippen LogP contribution in [-0.4, -0.2) is 51.1 Å². The lowest BCUT2D eigenvalue weighted by molar-refractivity contribution is -0.139. The van der Waals surface area contributed by atoms with Crippen LogP contribution in [-0.2, 0) is 22.6 Å². The molecule has 8 nitrogen and oxygen atoms in total. The lowest BCUT2D eigenvalue weighted by atomic mass is 10.2. The third kappa shape index (κ3) is 5.35. The number of hydrogen-bond acceptors (Lipinski definition) is 8. The number of amides is 1. The number of hydrogen-bond donors (Lipinski definition) is 3. The molecule has 0 bridgehead atoms. The van der Waals surface area contributed by atoms with E-state index in [4.69, 9.17) is 9.84 Å². The number of thiazole rings is 1. The van der Waals surface area contributed by atoms with Crippen LogP contribution in [0, 0.1) is 6.92 Å². The molecule has 2 atom stereocenters. The Morgan fingerprint density at radius 3 is 2.90 bits per heavy atom. The van der Waals surface area contributed by atoms with Crippen molar-refractivity contribution in [1.29, 1.82) is 0 Å². The van der Waals surface area contributed by atoms with Crippen LogP contribution >= 0.6 is 11.3 Å². The quantitative estimate of drug-likeness (QED) is 0.448. The number of rotatable bonds is 9. The highest BCUT2D eigenvalue weighted by Gasteiger charge is 2.23. The van der Waals surface area contributed by atoms with E-state index >= 15 is 0 Å². The number of fused-ring (bicyclic) bond motifs is 1. The number of nitrogens with one attached hydrogen (secondary N) is 1. The monoisotopic (exact) mass is 415 g/mol. The molecule has 0 radical (unpaired) electrons. The van der Waals surface area contributed by atoms with E-state index in [0.717, 1.165) is 33.0 Å². The summed E-state index contributed by atoms with van der Waals surface area (Å²) in [5.41, 5.74) is 2.51. The molecule has 29 heavy (non-hydrogen) atoms. The molecule has 0 aliphatic carbocycles. The third-order valence-electron chi connectivity index (χ3n) is 4.15. The highest BCUT2D eigenvalue weighted by atomic mass is 32.1. The first-order chi connectivity index (χ1) is 14.0. The van der Waals surface area contributed by atoms with E-state index in [2.05, 4.69) is 15.3 Å². The summed E-state index contributed by atoms with van der Waals surface area (Å²) in [6, 6.07) is 9.66. The molecule has 0 spiro atoms. The Bertz CT molecular complexity index is 1010. The number of para-hydroxylation sites is 1. The second-order valence-electron chi connectivity index (χ2n) is 6.41. The Morgan fingerprint density at radius 1 is 1.31 bits per heavy atom. The standard InChI is InChI=1S/C20H21N3O5S/c1-12-8-17(14-4-2-3-5-15(14)22-12)28-10-13-11-29-18(23-13)6-7-21-20(27)19(26)16(25)9-24/h2-5,8-9,11,16,19,25-26H,6-7,10H2,1H3,(H,21,27)/t16-,19+/m0/s1. The predicted octanol–water partition coefficient (Wildman–Crippen LogP) is 1.16. The molecule has 3 aromatic rings. The van der Waals surface area contributed by atoms with Crippen LogP contribution in [0.15, 0.2) is 35.7 Å². The largest absolute Gasteiger partial charge is 0.486 e. The molecule has 2 heterocycles. The first-order valence-electron chi connectivity index (χ1n) is 8.99. The van der Waals surface area contributed by atoms with E-state index < -0.39 is 18.1 Å². The highest BCUT2D eigenvalue weighted by Crippen LogP contribution is 2.26. The number of nitrogens with zero attached hydrogens (tertiary/aromatic N) is 2. The van der Waals surface area contributed by atoms with E-state index in [0.29, 0.717) is 13.0 Å². The number of aliphatic hydroxyl groups is 2. The van der Waals surface area contributed by atoms with Crippen molar-refractivity contribution < 1.29 is 24.5 Å². The second kappa shape index (κ2) is 9.55. The van der Waals surface area contributed by atoms with Gasteiger partial charge in [-0.25, -0.2) is 4.98 Å². The van der Waals surface area contributed by atoms with Crippen molar-refractivity contribution in [2.75, 3.05) is 6.54 Å². The summed E-state index contributed by atoms with van der Waals surface area (Å²) < 4.78 is 5.95. The van der Waals surface area contributed by atoms with Gasteiger partial charge >= 0.3 is 0 Å². The van der Waals surface area contributed by atoms with Gasteiger partial charge in [-0.3, -0.25) is 9.78 Å². The van der Waals surface area contributed by atoms with Crippen molar-refractivity contribution in [3.05, 3.63) is 52.1 Å². The first-order valence-corrected chi connectivity index (χ1v) is 9.87. The summed E-state index contributed by atoms with van der Waals surface area (Å²) in [5, 5.41) is 24.7. The minimum absolute atomic E-state index is 0.116. The molecule has 2 aromatic heterocycles. The van der Waals surface area contributed by atoms with E-state index in [-0.39, 0.29) is 12.8 Å². The van der Waals surface area contributed by atoms with Gasteiger partial charge in [0.15, 0.2) is 12.4 Å². The van der Waals surface area contributed by atoms with Crippen molar-refractivity contribution >= 4 is 34.4 Å². The number of aliphatic hydroxyl groups excluding tert-OH is 2. The molecule has 0 fully saturated rings. The van der Waals surface area contributed by atoms with Gasteiger partial charge < -0.3 is 25.1 Å². The average molecular weight is 415 g/mol. The minimum atomic E-state index is -1.77. The normalized spacial score (nSPS) is 13.1. The summed E-state index contributed by atoms with van der Waals surface area (Å²) >= 11 is 1.44. The summed E-state index contributed by atoms with van der Waals surface area (Å²) in [5.74, 6) is -0.0534. The maximum atomic E-state index is 11.6. The maximum Gasteiger partial charge on any atom is 0.252 e. The van der Waals surface area contributed by atoms with Crippen molar-refractivity contribution in [2.45, 2.75) is 32.2 Å². The molecular formula is C20H21N3O5S. The van der Waals surface area contributed by atoms with Gasteiger partial charge in [0.2, 0.25) is 0 Å². The summed E-state index contributed by atoms with van der Waals surface area (Å²) in [6.07, 6.45) is -2.93. The van der Waals surface area contributed by atoms with E-state index in [1.807, 2.05) is 42.6 Å². The number of carbonyl (C=O) groups is 2. The fraction of sp³-hybridized carbons (Fsp3) is 0.300. The lowest BCUT2D eigenvalue weighted by Crippen LogP contribution is -2.43. The third-order valence-corrected chi connectivity index (χ3v) is 5.11. The number of aromatic nitrogens is 2. The number of ether oxygens (including phenoxy) is 1. The van der Waals surface area contributed by atoms with Crippen LogP contribution < -0.4 is 10.1 Å².